The first kappa shape index (κ1) is 28.8. The summed E-state index contributed by atoms with van der Waals surface area (Å²) in [6, 6.07) is 0. The zero-order valence-corrected chi connectivity index (χ0v) is 19.2. The van der Waals surface area contributed by atoms with E-state index in [1.807, 2.05) is 0 Å². The summed E-state index contributed by atoms with van der Waals surface area (Å²) in [6.45, 7) is 3.46. The van der Waals surface area contributed by atoms with Crippen LogP contribution >= 0.6 is 20.5 Å². The molecule has 0 aliphatic carbocycles. The molecule has 0 saturated heterocycles. The van der Waals surface area contributed by atoms with E-state index in [1.165, 1.54) is 13.8 Å². The predicted octanol–water partition coefficient (Wildman–Crippen LogP) is -0.288. The topological polar surface area (TPSA) is 174 Å². The van der Waals surface area contributed by atoms with Crippen LogP contribution in [0.2, 0.25) is 0 Å². The zero-order chi connectivity index (χ0) is 23.2. The number of phosphoric ester groups is 1. The molecule has 0 aliphatic heterocycles. The van der Waals surface area contributed by atoms with Crippen LogP contribution in [0.1, 0.15) is 46.0 Å². The minimum Gasteiger partial charge on any atom is -0.383 e. The standard InChI is InChI=1S/C17H34N3O8PS/c1-17(2,12-28-29(25,26)27)15(23)16(24)20-10-7-13(21)18-8-5-3-4-6-9-19-14(22)11-30/h15,23,30H,3-12H2,1-2H3,(H,18,21)(H,19,22)(H,20,24)(H2,25,26,27)/t15-/m0/s1. The van der Waals surface area contributed by atoms with E-state index in [0.29, 0.717) is 13.1 Å². The van der Waals surface area contributed by atoms with E-state index in [1.54, 1.807) is 0 Å². The first-order valence-electron chi connectivity index (χ1n) is 9.69. The Kier molecular flexibility index (Phi) is 14.2. The Morgan fingerprint density at radius 2 is 1.50 bits per heavy atom. The largest absolute Gasteiger partial charge is 0.469 e. The molecule has 0 heterocycles. The summed E-state index contributed by atoms with van der Waals surface area (Å²) in [5, 5.41) is 17.9. The number of phosphoric acid groups is 1. The van der Waals surface area contributed by atoms with Gasteiger partial charge in [0.2, 0.25) is 17.7 Å². The number of rotatable bonds is 16. The van der Waals surface area contributed by atoms with Gasteiger partial charge in [-0.25, -0.2) is 4.57 Å². The van der Waals surface area contributed by atoms with Crippen LogP contribution in [0.4, 0.5) is 0 Å². The van der Waals surface area contributed by atoms with Crippen molar-refractivity contribution in [3.8, 4) is 0 Å². The molecule has 0 fully saturated rings. The third kappa shape index (κ3) is 14.8. The highest BCUT2D eigenvalue weighted by atomic mass is 32.1. The van der Waals surface area contributed by atoms with Gasteiger partial charge in [0, 0.05) is 31.5 Å². The summed E-state index contributed by atoms with van der Waals surface area (Å²) in [4.78, 5) is 52.2. The number of amides is 3. The van der Waals surface area contributed by atoms with Crippen molar-refractivity contribution < 1.29 is 38.4 Å². The maximum Gasteiger partial charge on any atom is 0.469 e. The molecule has 13 heteroatoms. The fraction of sp³-hybridized carbons (Fsp3) is 0.824. The molecule has 6 N–H and O–H groups in total. The van der Waals surface area contributed by atoms with Gasteiger partial charge in [-0.05, 0) is 12.8 Å². The fourth-order valence-electron chi connectivity index (χ4n) is 2.28. The third-order valence-corrected chi connectivity index (χ3v) is 4.89. The molecular weight excluding hydrogens is 437 g/mol. The van der Waals surface area contributed by atoms with Gasteiger partial charge in [-0.1, -0.05) is 26.7 Å². The zero-order valence-electron chi connectivity index (χ0n) is 17.4. The van der Waals surface area contributed by atoms with Crippen molar-refractivity contribution in [2.75, 3.05) is 32.0 Å². The van der Waals surface area contributed by atoms with E-state index in [4.69, 9.17) is 9.79 Å². The summed E-state index contributed by atoms with van der Waals surface area (Å²) >= 11 is 3.86. The number of aliphatic hydroxyl groups excluding tert-OH is 1. The summed E-state index contributed by atoms with van der Waals surface area (Å²) in [5.41, 5.74) is -1.23. The number of hydrogen-bond acceptors (Lipinski definition) is 7. The molecule has 0 rings (SSSR count). The minimum atomic E-state index is -4.71. The van der Waals surface area contributed by atoms with Gasteiger partial charge in [0.05, 0.1) is 12.4 Å². The maximum absolute atomic E-state index is 12.0. The van der Waals surface area contributed by atoms with Gasteiger partial charge < -0.3 is 30.8 Å². The van der Waals surface area contributed by atoms with Crippen molar-refractivity contribution in [2.45, 2.75) is 52.1 Å². The summed E-state index contributed by atoms with van der Waals surface area (Å²) in [6.07, 6.45) is 1.96. The molecule has 30 heavy (non-hydrogen) atoms. The van der Waals surface area contributed by atoms with E-state index < -0.39 is 31.9 Å². The highest BCUT2D eigenvalue weighted by Gasteiger charge is 2.35. The number of nitrogens with one attached hydrogen (secondary N) is 3. The van der Waals surface area contributed by atoms with Gasteiger partial charge in [0.15, 0.2) is 0 Å². The van der Waals surface area contributed by atoms with Gasteiger partial charge in [0.25, 0.3) is 0 Å². The average molecular weight is 472 g/mol. The minimum absolute atomic E-state index is 0.0159. The first-order valence-corrected chi connectivity index (χ1v) is 11.9. The molecule has 0 aromatic carbocycles. The number of carbonyl (C=O) groups is 3. The van der Waals surface area contributed by atoms with Crippen molar-refractivity contribution in [3.63, 3.8) is 0 Å². The third-order valence-electron chi connectivity index (χ3n) is 4.14. The number of hydrogen-bond donors (Lipinski definition) is 7. The molecule has 176 valence electrons. The van der Waals surface area contributed by atoms with E-state index in [2.05, 4.69) is 33.1 Å². The van der Waals surface area contributed by atoms with Crippen LogP contribution in [-0.4, -0.2) is 70.7 Å². The second-order valence-electron chi connectivity index (χ2n) is 7.47. The van der Waals surface area contributed by atoms with Gasteiger partial charge >= 0.3 is 7.82 Å². The lowest BCUT2D eigenvalue weighted by atomic mass is 9.87. The highest BCUT2D eigenvalue weighted by Crippen LogP contribution is 2.38. The Morgan fingerprint density at radius 1 is 0.967 bits per heavy atom. The Hall–Kier alpha value is -1.17. The van der Waals surface area contributed by atoms with Crippen molar-refractivity contribution in [2.24, 2.45) is 5.41 Å². The summed E-state index contributed by atoms with van der Waals surface area (Å²) in [5.74, 6) is -0.917. The van der Waals surface area contributed by atoms with Crippen LogP contribution in [0.3, 0.4) is 0 Å². The Bertz CT molecular complexity index is 600. The lowest BCUT2D eigenvalue weighted by molar-refractivity contribution is -0.137. The van der Waals surface area contributed by atoms with Gasteiger partial charge in [-0.15, -0.1) is 0 Å². The molecule has 0 saturated carbocycles. The Morgan fingerprint density at radius 3 is 2.00 bits per heavy atom. The first-order chi connectivity index (χ1) is 13.9. The number of unbranched alkanes of at least 4 members (excludes halogenated alkanes) is 3. The van der Waals surface area contributed by atoms with Crippen LogP contribution in [0.5, 0.6) is 0 Å². The van der Waals surface area contributed by atoms with Gasteiger partial charge in [0.1, 0.15) is 6.10 Å². The van der Waals surface area contributed by atoms with Crippen LogP contribution in [0.15, 0.2) is 0 Å². The molecular formula is C17H34N3O8PS. The second-order valence-corrected chi connectivity index (χ2v) is 9.02. The van der Waals surface area contributed by atoms with Crippen molar-refractivity contribution in [3.05, 3.63) is 0 Å². The van der Waals surface area contributed by atoms with Crippen molar-refractivity contribution in [1.29, 1.82) is 0 Å². The van der Waals surface area contributed by atoms with Crippen LogP contribution in [0.25, 0.3) is 0 Å². The average Bonchev–Trinajstić information content (AvgIpc) is 2.67. The molecule has 0 unspecified atom stereocenters. The molecule has 3 amide bonds. The predicted molar refractivity (Wildman–Crippen MR) is 114 cm³/mol. The molecule has 0 aliphatic rings. The van der Waals surface area contributed by atoms with E-state index in [0.717, 1.165) is 25.7 Å². The molecule has 0 spiro atoms. The van der Waals surface area contributed by atoms with Gasteiger partial charge in [-0.2, -0.15) is 12.6 Å². The van der Waals surface area contributed by atoms with Crippen LogP contribution in [-0.2, 0) is 23.5 Å². The molecule has 0 bridgehead atoms. The van der Waals surface area contributed by atoms with E-state index >= 15 is 0 Å². The molecule has 11 nitrogen and oxygen atoms in total. The lowest BCUT2D eigenvalue weighted by Gasteiger charge is -2.29. The molecule has 0 radical (unpaired) electrons. The van der Waals surface area contributed by atoms with E-state index in [-0.39, 0.29) is 30.5 Å². The fourth-order valence-corrected chi connectivity index (χ4v) is 2.90. The quantitative estimate of drug-likeness (QED) is 0.0913. The number of carbonyl (C=O) groups excluding carboxylic acids is 3. The molecule has 0 aromatic rings. The molecule has 1 atom stereocenters. The number of aliphatic hydroxyl groups is 1. The Balaban J connectivity index is 3.88. The number of thiol groups is 1. The SMILES string of the molecule is CC(C)(COP(=O)(O)O)[C@@H](O)C(=O)NCCC(=O)NCCCCCCNC(=O)CS. The lowest BCUT2D eigenvalue weighted by Crippen LogP contribution is -2.46. The monoisotopic (exact) mass is 471 g/mol. The van der Waals surface area contributed by atoms with Crippen LogP contribution < -0.4 is 16.0 Å². The van der Waals surface area contributed by atoms with Gasteiger partial charge in [-0.3, -0.25) is 18.9 Å². The van der Waals surface area contributed by atoms with Crippen LogP contribution in [0, 0.1) is 5.41 Å². The summed E-state index contributed by atoms with van der Waals surface area (Å²) < 4.78 is 15.1. The Labute approximate surface area is 182 Å². The van der Waals surface area contributed by atoms with E-state index in [9.17, 15) is 24.1 Å². The van der Waals surface area contributed by atoms with Crippen molar-refractivity contribution >= 4 is 38.2 Å². The smallest absolute Gasteiger partial charge is 0.383 e. The van der Waals surface area contributed by atoms with Crippen molar-refractivity contribution in [1.82, 2.24) is 16.0 Å². The molecule has 0 aromatic heterocycles. The normalized spacial score (nSPS) is 12.9. The highest BCUT2D eigenvalue weighted by molar-refractivity contribution is 7.81. The second kappa shape index (κ2) is 14.8. The summed E-state index contributed by atoms with van der Waals surface area (Å²) in [7, 11) is -4.71. The maximum atomic E-state index is 12.0.